The first kappa shape index (κ1) is 12.3. The quantitative estimate of drug-likeness (QED) is 0.888. The number of carbonyl (C=O) groups is 2. The van der Waals surface area contributed by atoms with Gasteiger partial charge in [-0.1, -0.05) is 6.07 Å². The van der Waals surface area contributed by atoms with Crippen LogP contribution < -0.4 is 0 Å². The summed E-state index contributed by atoms with van der Waals surface area (Å²) in [5.41, 5.74) is 2.15. The van der Waals surface area contributed by atoms with Crippen molar-refractivity contribution < 1.29 is 19.8 Å². The molecule has 0 fully saturated rings. The van der Waals surface area contributed by atoms with Gasteiger partial charge in [0.05, 0.1) is 12.0 Å². The van der Waals surface area contributed by atoms with Gasteiger partial charge >= 0.3 is 11.9 Å². The summed E-state index contributed by atoms with van der Waals surface area (Å²) in [5, 5.41) is 21.7. The molecule has 2 aromatic rings. The number of rotatable bonds is 4. The van der Waals surface area contributed by atoms with Gasteiger partial charge < -0.3 is 10.2 Å². The summed E-state index contributed by atoms with van der Waals surface area (Å²) in [4.78, 5) is 21.8. The van der Waals surface area contributed by atoms with Crippen LogP contribution >= 0.6 is 11.3 Å². The number of hydrogen-bond acceptors (Lipinski definition) is 3. The number of benzene rings is 1. The van der Waals surface area contributed by atoms with Crippen molar-refractivity contribution in [1.82, 2.24) is 0 Å². The van der Waals surface area contributed by atoms with Crippen LogP contribution in [0.1, 0.15) is 15.9 Å². The maximum atomic E-state index is 11.0. The molecule has 0 bridgehead atoms. The molecule has 4 nitrogen and oxygen atoms in total. The highest BCUT2D eigenvalue weighted by atomic mass is 32.1. The maximum absolute atomic E-state index is 11.0. The molecule has 0 amide bonds. The fraction of sp³-hybridized carbons (Fsp3) is 0.0769. The summed E-state index contributed by atoms with van der Waals surface area (Å²) < 4.78 is 0. The summed E-state index contributed by atoms with van der Waals surface area (Å²) in [5.74, 6) is -2.15. The van der Waals surface area contributed by atoms with Gasteiger partial charge in [0.2, 0.25) is 0 Å². The maximum Gasteiger partial charge on any atom is 0.335 e. The Labute approximate surface area is 107 Å². The van der Waals surface area contributed by atoms with Gasteiger partial charge in [0, 0.05) is 0 Å². The molecule has 0 saturated heterocycles. The van der Waals surface area contributed by atoms with Gasteiger partial charge in [0.25, 0.3) is 0 Å². The Morgan fingerprint density at radius 2 is 1.89 bits per heavy atom. The molecule has 2 rings (SSSR count). The number of aromatic carboxylic acids is 1. The van der Waals surface area contributed by atoms with E-state index in [0.717, 1.165) is 11.1 Å². The van der Waals surface area contributed by atoms with Crippen molar-refractivity contribution in [3.63, 3.8) is 0 Å². The van der Waals surface area contributed by atoms with Crippen LogP contribution in [0.4, 0.5) is 0 Å². The van der Waals surface area contributed by atoms with Gasteiger partial charge in [0.15, 0.2) is 0 Å². The van der Waals surface area contributed by atoms with E-state index in [9.17, 15) is 9.59 Å². The fourth-order valence-corrected chi connectivity index (χ4v) is 2.38. The van der Waals surface area contributed by atoms with Crippen LogP contribution in [0.15, 0.2) is 35.0 Å². The lowest BCUT2D eigenvalue weighted by molar-refractivity contribution is -0.136. The first-order valence-electron chi connectivity index (χ1n) is 5.18. The van der Waals surface area contributed by atoms with Crippen molar-refractivity contribution in [2.45, 2.75) is 6.42 Å². The Hall–Kier alpha value is -2.14. The Morgan fingerprint density at radius 3 is 2.44 bits per heavy atom. The number of hydrogen-bond donors (Lipinski definition) is 2. The minimum absolute atomic E-state index is 0.0383. The molecule has 0 unspecified atom stereocenters. The molecule has 0 saturated carbocycles. The number of aliphatic carboxylic acids is 1. The van der Waals surface area contributed by atoms with Crippen LogP contribution in [0, 0.1) is 0 Å². The molecule has 0 aliphatic heterocycles. The highest BCUT2D eigenvalue weighted by Gasteiger charge is 2.14. The Balaban J connectivity index is 2.48. The van der Waals surface area contributed by atoms with Crippen molar-refractivity contribution in [1.29, 1.82) is 0 Å². The van der Waals surface area contributed by atoms with Gasteiger partial charge in [0.1, 0.15) is 0 Å². The molecule has 1 heterocycles. The lowest BCUT2D eigenvalue weighted by Gasteiger charge is -2.06. The minimum atomic E-state index is -1.11. The van der Waals surface area contributed by atoms with Gasteiger partial charge in [-0.2, -0.15) is 11.3 Å². The molecule has 1 aromatic heterocycles. The van der Waals surface area contributed by atoms with Crippen LogP contribution in [0.2, 0.25) is 0 Å². The van der Waals surface area contributed by atoms with Gasteiger partial charge in [-0.15, -0.1) is 0 Å². The van der Waals surface area contributed by atoms with E-state index in [-0.39, 0.29) is 12.0 Å². The third-order valence-corrected chi connectivity index (χ3v) is 3.22. The molecular formula is C13H10O4S. The third kappa shape index (κ3) is 2.57. The SMILES string of the molecule is O=C(O)Cc1cc(-c2ccsc2)ccc1C(=O)O. The number of thiophene rings is 1. The van der Waals surface area contributed by atoms with Gasteiger partial charge in [-0.25, -0.2) is 4.79 Å². The van der Waals surface area contributed by atoms with E-state index >= 15 is 0 Å². The molecule has 2 N–H and O–H groups in total. The summed E-state index contributed by atoms with van der Waals surface area (Å²) >= 11 is 1.53. The molecular weight excluding hydrogens is 252 g/mol. The van der Waals surface area contributed by atoms with E-state index < -0.39 is 11.9 Å². The Kier molecular flexibility index (Phi) is 3.43. The van der Waals surface area contributed by atoms with Gasteiger partial charge in [-0.05, 0) is 45.6 Å². The van der Waals surface area contributed by atoms with Gasteiger partial charge in [-0.3, -0.25) is 4.79 Å². The molecule has 0 aliphatic rings. The third-order valence-electron chi connectivity index (χ3n) is 2.53. The molecule has 0 atom stereocenters. The molecule has 0 spiro atoms. The Bertz CT molecular complexity index is 587. The number of carboxylic acid groups (broad SMARTS) is 2. The molecule has 18 heavy (non-hydrogen) atoms. The first-order valence-corrected chi connectivity index (χ1v) is 6.13. The van der Waals surface area contributed by atoms with E-state index in [1.807, 2.05) is 16.8 Å². The highest BCUT2D eigenvalue weighted by molar-refractivity contribution is 7.08. The van der Waals surface area contributed by atoms with Crippen LogP contribution in [0.5, 0.6) is 0 Å². The Morgan fingerprint density at radius 1 is 1.11 bits per heavy atom. The minimum Gasteiger partial charge on any atom is -0.481 e. The first-order chi connectivity index (χ1) is 8.58. The topological polar surface area (TPSA) is 74.6 Å². The summed E-state index contributed by atoms with van der Waals surface area (Å²) in [6.45, 7) is 0. The van der Waals surface area contributed by atoms with Crippen molar-refractivity contribution in [2.75, 3.05) is 0 Å². The molecule has 1 aromatic carbocycles. The summed E-state index contributed by atoms with van der Waals surface area (Å²) in [7, 11) is 0. The fourth-order valence-electron chi connectivity index (χ4n) is 1.72. The van der Waals surface area contributed by atoms with Crippen LogP contribution in [-0.4, -0.2) is 22.2 Å². The molecule has 92 valence electrons. The summed E-state index contributed by atoms with van der Waals surface area (Å²) in [6, 6.07) is 6.68. The van der Waals surface area contributed by atoms with Crippen LogP contribution in [0.25, 0.3) is 11.1 Å². The zero-order chi connectivity index (χ0) is 13.1. The van der Waals surface area contributed by atoms with Crippen LogP contribution in [0.3, 0.4) is 0 Å². The molecule has 0 aliphatic carbocycles. The van der Waals surface area contributed by atoms with Crippen molar-refractivity contribution in [2.24, 2.45) is 0 Å². The highest BCUT2D eigenvalue weighted by Crippen LogP contribution is 2.25. The second-order valence-corrected chi connectivity index (χ2v) is 4.54. The predicted octanol–water partition coefficient (Wildman–Crippen LogP) is 2.74. The number of carboxylic acids is 2. The van der Waals surface area contributed by atoms with Crippen molar-refractivity contribution in [3.05, 3.63) is 46.2 Å². The predicted molar refractivity (Wildman–Crippen MR) is 68.1 cm³/mol. The van der Waals surface area contributed by atoms with E-state index in [0.29, 0.717) is 5.56 Å². The second-order valence-electron chi connectivity index (χ2n) is 3.76. The normalized spacial score (nSPS) is 10.2. The second kappa shape index (κ2) is 5.01. The van der Waals surface area contributed by atoms with E-state index in [1.54, 1.807) is 12.1 Å². The van der Waals surface area contributed by atoms with E-state index in [2.05, 4.69) is 0 Å². The van der Waals surface area contributed by atoms with Crippen molar-refractivity contribution >= 4 is 23.3 Å². The van der Waals surface area contributed by atoms with Crippen molar-refractivity contribution in [3.8, 4) is 11.1 Å². The van der Waals surface area contributed by atoms with E-state index in [1.165, 1.54) is 17.4 Å². The largest absolute Gasteiger partial charge is 0.481 e. The molecule has 5 heteroatoms. The summed E-state index contributed by atoms with van der Waals surface area (Å²) in [6.07, 6.45) is -0.292. The molecule has 0 radical (unpaired) electrons. The van der Waals surface area contributed by atoms with Crippen LogP contribution in [-0.2, 0) is 11.2 Å². The zero-order valence-electron chi connectivity index (χ0n) is 9.29. The lowest BCUT2D eigenvalue weighted by atomic mass is 9.99. The van der Waals surface area contributed by atoms with E-state index in [4.69, 9.17) is 10.2 Å². The zero-order valence-corrected chi connectivity index (χ0v) is 10.1. The lowest BCUT2D eigenvalue weighted by Crippen LogP contribution is -2.08. The smallest absolute Gasteiger partial charge is 0.335 e. The standard InChI is InChI=1S/C13H10O4S/c14-12(15)6-10-5-8(9-3-4-18-7-9)1-2-11(10)13(16)17/h1-5,7H,6H2,(H,14,15)(H,16,17). The average Bonchev–Trinajstić information content (AvgIpc) is 2.81. The average molecular weight is 262 g/mol. The monoisotopic (exact) mass is 262 g/mol.